The van der Waals surface area contributed by atoms with Gasteiger partial charge in [0.05, 0.1) is 34.8 Å². The van der Waals surface area contributed by atoms with Crippen LogP contribution < -0.4 is 5.73 Å². The molecule has 0 aromatic carbocycles. The topological polar surface area (TPSA) is 123 Å². The standard InChI is InChI=1S/C15H17N7O2S/c1-25(24)21-7-15(8-21,4-12(16)23)22-6-10(5-20-22)13-11-2-3-17-14(11)19-9-18-13/h2-3,5-6,9H,4,7-8H2,1H3,(H2,16,23)(H,17,18,19). The first-order valence-corrected chi connectivity index (χ1v) is 9.20. The van der Waals surface area contributed by atoms with Gasteiger partial charge in [0, 0.05) is 42.7 Å². The Morgan fingerprint density at radius 2 is 2.24 bits per heavy atom. The number of primary amides is 1. The van der Waals surface area contributed by atoms with Crippen LogP contribution in [0.15, 0.2) is 31.0 Å². The van der Waals surface area contributed by atoms with Crippen LogP contribution in [-0.2, 0) is 21.3 Å². The van der Waals surface area contributed by atoms with Crippen molar-refractivity contribution in [1.82, 2.24) is 29.0 Å². The molecule has 10 heteroatoms. The first-order valence-electron chi connectivity index (χ1n) is 7.69. The molecule has 0 aliphatic carbocycles. The average Bonchev–Trinajstić information content (AvgIpc) is 3.18. The molecule has 130 valence electrons. The minimum absolute atomic E-state index is 0.144. The summed E-state index contributed by atoms with van der Waals surface area (Å²) in [6, 6.07) is 1.91. The monoisotopic (exact) mass is 359 g/mol. The fourth-order valence-electron chi connectivity index (χ4n) is 3.26. The molecular weight excluding hydrogens is 342 g/mol. The Balaban J connectivity index is 1.71. The second-order valence-electron chi connectivity index (χ2n) is 6.23. The number of carbonyl (C=O) groups is 1. The Morgan fingerprint density at radius 3 is 2.96 bits per heavy atom. The summed E-state index contributed by atoms with van der Waals surface area (Å²) < 4.78 is 15.2. The van der Waals surface area contributed by atoms with E-state index in [9.17, 15) is 9.00 Å². The van der Waals surface area contributed by atoms with E-state index in [2.05, 4.69) is 20.1 Å². The van der Waals surface area contributed by atoms with Gasteiger partial charge in [-0.2, -0.15) is 5.10 Å². The molecule has 0 bridgehead atoms. The summed E-state index contributed by atoms with van der Waals surface area (Å²) in [6.45, 7) is 0.924. The number of hydrogen-bond acceptors (Lipinski definition) is 5. The zero-order valence-corrected chi connectivity index (χ0v) is 14.4. The molecule has 1 fully saturated rings. The summed E-state index contributed by atoms with van der Waals surface area (Å²) in [5.41, 5.74) is 7.20. The number of aromatic nitrogens is 5. The van der Waals surface area contributed by atoms with Crippen LogP contribution in [0.3, 0.4) is 0 Å². The molecule has 1 saturated heterocycles. The molecule has 0 radical (unpaired) electrons. The van der Waals surface area contributed by atoms with Crippen LogP contribution in [0.5, 0.6) is 0 Å². The van der Waals surface area contributed by atoms with Crippen molar-refractivity contribution in [2.45, 2.75) is 12.0 Å². The maximum Gasteiger partial charge on any atom is 0.219 e. The molecule has 3 aromatic rings. The van der Waals surface area contributed by atoms with Crippen molar-refractivity contribution in [3.05, 3.63) is 31.0 Å². The van der Waals surface area contributed by atoms with E-state index in [1.807, 2.05) is 18.5 Å². The predicted octanol–water partition coefficient (Wildman–Crippen LogP) is 0.00120. The van der Waals surface area contributed by atoms with Gasteiger partial charge in [-0.1, -0.05) is 0 Å². The maximum atomic E-state index is 11.6. The van der Waals surface area contributed by atoms with E-state index in [4.69, 9.17) is 5.73 Å². The third-order valence-corrected chi connectivity index (χ3v) is 5.49. The first-order chi connectivity index (χ1) is 12.0. The van der Waals surface area contributed by atoms with Crippen LogP contribution in [-0.4, -0.2) is 58.5 Å². The lowest BCUT2D eigenvalue weighted by atomic mass is 9.88. The number of nitrogens with one attached hydrogen (secondary N) is 1. The molecule has 0 spiro atoms. The summed E-state index contributed by atoms with van der Waals surface area (Å²) >= 11 is 0. The van der Waals surface area contributed by atoms with Crippen molar-refractivity contribution in [3.63, 3.8) is 0 Å². The first kappa shape index (κ1) is 15.9. The van der Waals surface area contributed by atoms with Crippen molar-refractivity contribution in [1.29, 1.82) is 0 Å². The highest BCUT2D eigenvalue weighted by atomic mass is 32.2. The smallest absolute Gasteiger partial charge is 0.219 e. The molecule has 4 heterocycles. The van der Waals surface area contributed by atoms with Crippen LogP contribution in [0.1, 0.15) is 6.42 Å². The number of H-pyrrole nitrogens is 1. The normalized spacial score (nSPS) is 18.1. The van der Waals surface area contributed by atoms with E-state index < -0.39 is 22.4 Å². The molecule has 4 rings (SSSR count). The number of carbonyl (C=O) groups excluding carboxylic acids is 1. The Bertz CT molecular complexity index is 973. The van der Waals surface area contributed by atoms with Gasteiger partial charge in [-0.15, -0.1) is 0 Å². The Hall–Kier alpha value is -2.59. The van der Waals surface area contributed by atoms with Gasteiger partial charge in [-0.05, 0) is 6.07 Å². The second kappa shape index (κ2) is 5.74. The molecule has 1 atom stereocenters. The van der Waals surface area contributed by atoms with E-state index in [1.165, 1.54) is 6.33 Å². The van der Waals surface area contributed by atoms with Gasteiger partial charge in [0.2, 0.25) is 5.91 Å². The SMILES string of the molecule is CS(=O)N1CC(CC(N)=O)(n2cc(-c3ncnc4[nH]ccc34)cn2)C1. The Morgan fingerprint density at radius 1 is 1.44 bits per heavy atom. The molecule has 9 nitrogen and oxygen atoms in total. The minimum atomic E-state index is -1.09. The van der Waals surface area contributed by atoms with Gasteiger partial charge in [0.25, 0.3) is 0 Å². The summed E-state index contributed by atoms with van der Waals surface area (Å²) in [4.78, 5) is 23.1. The molecular formula is C15H17N7O2S. The minimum Gasteiger partial charge on any atom is -0.370 e. The summed E-state index contributed by atoms with van der Waals surface area (Å²) in [5.74, 6) is -0.409. The Labute approximate surface area is 145 Å². The fraction of sp³-hybridized carbons (Fsp3) is 0.333. The molecule has 0 saturated carbocycles. The van der Waals surface area contributed by atoms with Crippen molar-refractivity contribution < 1.29 is 9.00 Å². The lowest BCUT2D eigenvalue weighted by molar-refractivity contribution is -0.122. The summed E-state index contributed by atoms with van der Waals surface area (Å²) in [7, 11) is -1.09. The third kappa shape index (κ3) is 2.63. The third-order valence-electron chi connectivity index (χ3n) is 4.50. The van der Waals surface area contributed by atoms with Crippen LogP contribution in [0.4, 0.5) is 0 Å². The number of fused-ring (bicyclic) bond motifs is 1. The van der Waals surface area contributed by atoms with Crippen LogP contribution >= 0.6 is 0 Å². The van der Waals surface area contributed by atoms with Gasteiger partial charge in [0.15, 0.2) is 0 Å². The van der Waals surface area contributed by atoms with Crippen molar-refractivity contribution >= 4 is 27.9 Å². The number of aromatic amines is 1. The number of hydrogen-bond donors (Lipinski definition) is 2. The quantitative estimate of drug-likeness (QED) is 0.664. The van der Waals surface area contributed by atoms with E-state index in [1.54, 1.807) is 21.4 Å². The maximum absolute atomic E-state index is 11.6. The van der Waals surface area contributed by atoms with Crippen molar-refractivity contribution in [2.75, 3.05) is 19.3 Å². The van der Waals surface area contributed by atoms with Crippen LogP contribution in [0, 0.1) is 0 Å². The molecule has 1 amide bonds. The molecule has 25 heavy (non-hydrogen) atoms. The zero-order chi connectivity index (χ0) is 17.6. The number of nitrogens with zero attached hydrogens (tertiary/aromatic N) is 5. The highest BCUT2D eigenvalue weighted by molar-refractivity contribution is 7.81. The molecule has 1 aliphatic heterocycles. The number of amides is 1. The van der Waals surface area contributed by atoms with E-state index in [-0.39, 0.29) is 6.42 Å². The van der Waals surface area contributed by atoms with Crippen molar-refractivity contribution in [3.8, 4) is 11.3 Å². The van der Waals surface area contributed by atoms with Gasteiger partial charge in [-0.3, -0.25) is 9.48 Å². The summed E-state index contributed by atoms with van der Waals surface area (Å²) in [6.07, 6.45) is 8.63. The molecule has 1 unspecified atom stereocenters. The molecule has 1 aliphatic rings. The lowest BCUT2D eigenvalue weighted by Gasteiger charge is -2.48. The zero-order valence-electron chi connectivity index (χ0n) is 13.5. The van der Waals surface area contributed by atoms with Crippen LogP contribution in [0.2, 0.25) is 0 Å². The van der Waals surface area contributed by atoms with E-state index >= 15 is 0 Å². The Kier molecular flexibility index (Phi) is 3.65. The van der Waals surface area contributed by atoms with Gasteiger partial charge < -0.3 is 10.7 Å². The van der Waals surface area contributed by atoms with Gasteiger partial charge in [-0.25, -0.2) is 18.5 Å². The summed E-state index contributed by atoms with van der Waals surface area (Å²) in [5, 5.41) is 5.34. The van der Waals surface area contributed by atoms with Gasteiger partial charge in [0.1, 0.15) is 12.0 Å². The lowest BCUT2D eigenvalue weighted by Crippen LogP contribution is -2.64. The predicted molar refractivity (Wildman–Crippen MR) is 92.5 cm³/mol. The van der Waals surface area contributed by atoms with E-state index in [0.717, 1.165) is 22.3 Å². The van der Waals surface area contributed by atoms with Crippen molar-refractivity contribution in [2.24, 2.45) is 5.73 Å². The second-order valence-corrected chi connectivity index (χ2v) is 7.59. The number of rotatable bonds is 5. The highest BCUT2D eigenvalue weighted by Gasteiger charge is 2.48. The molecule has 3 N–H and O–H groups in total. The molecule has 3 aromatic heterocycles. The fourth-order valence-corrected chi connectivity index (χ4v) is 4.11. The average molecular weight is 359 g/mol. The van der Waals surface area contributed by atoms with E-state index in [0.29, 0.717) is 13.1 Å². The van der Waals surface area contributed by atoms with Crippen LogP contribution in [0.25, 0.3) is 22.3 Å². The largest absolute Gasteiger partial charge is 0.370 e. The number of nitrogens with two attached hydrogens (primary N) is 1. The highest BCUT2D eigenvalue weighted by Crippen LogP contribution is 2.34. The van der Waals surface area contributed by atoms with Gasteiger partial charge >= 0.3 is 0 Å².